The predicted molar refractivity (Wildman–Crippen MR) is 292 cm³/mol. The molecule has 0 unspecified atom stereocenters. The summed E-state index contributed by atoms with van der Waals surface area (Å²) in [5.41, 5.74) is 27.6. The second-order valence-electron chi connectivity index (χ2n) is 22.5. The maximum absolute atomic E-state index is 2.61. The number of nitrogens with zero attached hydrogens (tertiary/aromatic N) is 1. The fraction of sp³-hybridized carbons (Fsp3) is 0.176. The van der Waals surface area contributed by atoms with Crippen molar-refractivity contribution < 1.29 is 0 Å². The molecule has 332 valence electrons. The fourth-order valence-corrected chi connectivity index (χ4v) is 13.8. The Morgan fingerprint density at radius 1 is 0.261 bits per heavy atom. The number of rotatable bonds is 4. The third-order valence-corrected chi connectivity index (χ3v) is 17.4. The molecule has 1 nitrogen and oxygen atoms in total. The predicted octanol–water partition coefficient (Wildman–Crippen LogP) is 18.4. The van der Waals surface area contributed by atoms with Crippen LogP contribution in [-0.2, 0) is 21.7 Å². The van der Waals surface area contributed by atoms with Crippen molar-refractivity contribution >= 4 is 38.6 Å². The zero-order chi connectivity index (χ0) is 46.9. The van der Waals surface area contributed by atoms with Gasteiger partial charge in [0.15, 0.2) is 0 Å². The van der Waals surface area contributed by atoms with E-state index in [4.69, 9.17) is 0 Å². The van der Waals surface area contributed by atoms with Gasteiger partial charge in [-0.3, -0.25) is 0 Å². The third kappa shape index (κ3) is 5.26. The van der Waals surface area contributed by atoms with E-state index < -0.39 is 0 Å². The maximum atomic E-state index is 2.61. The highest BCUT2D eigenvalue weighted by atomic mass is 15.1. The first-order chi connectivity index (χ1) is 33.3. The summed E-state index contributed by atoms with van der Waals surface area (Å²) in [7, 11) is 0. The van der Waals surface area contributed by atoms with Gasteiger partial charge in [0.25, 0.3) is 0 Å². The highest BCUT2D eigenvalue weighted by Crippen LogP contribution is 2.60. The normalized spacial score (nSPS) is 16.3. The quantitative estimate of drug-likeness (QED) is 0.159. The van der Waals surface area contributed by atoms with Crippen molar-refractivity contribution in [3.05, 3.63) is 233 Å². The third-order valence-electron chi connectivity index (χ3n) is 17.4. The van der Waals surface area contributed by atoms with Gasteiger partial charge in [-0.15, -0.1) is 0 Å². The first kappa shape index (κ1) is 40.6. The zero-order valence-corrected chi connectivity index (χ0v) is 40.8. The summed E-state index contributed by atoms with van der Waals surface area (Å²) in [5, 5.41) is 4.96. The van der Waals surface area contributed by atoms with E-state index in [-0.39, 0.29) is 21.7 Å². The lowest BCUT2D eigenvalue weighted by Gasteiger charge is -2.32. The number of hydrogen-bond acceptors (Lipinski definition) is 1. The fourth-order valence-electron chi connectivity index (χ4n) is 13.8. The number of benzene rings is 10. The molecule has 0 aromatic heterocycles. The molecule has 10 aromatic carbocycles. The summed E-state index contributed by atoms with van der Waals surface area (Å²) in [6, 6.07) is 72.1. The van der Waals surface area contributed by atoms with Crippen LogP contribution in [0.25, 0.3) is 77.2 Å². The minimum atomic E-state index is -0.223. The van der Waals surface area contributed by atoms with Crippen molar-refractivity contribution in [3.63, 3.8) is 0 Å². The molecule has 0 N–H and O–H groups in total. The molecule has 0 bridgehead atoms. The number of fused-ring (bicyclic) bond motifs is 14. The molecule has 4 aliphatic rings. The highest BCUT2D eigenvalue weighted by molar-refractivity contribution is 6.22. The Balaban J connectivity index is 1.01. The van der Waals surface area contributed by atoms with Gasteiger partial charge in [-0.2, -0.15) is 0 Å². The minimum Gasteiger partial charge on any atom is -0.309 e. The van der Waals surface area contributed by atoms with Gasteiger partial charge in [-0.05, 0) is 159 Å². The average Bonchev–Trinajstić information content (AvgIpc) is 3.92. The second kappa shape index (κ2) is 13.6. The lowest BCUT2D eigenvalue weighted by atomic mass is 9.79. The van der Waals surface area contributed by atoms with Crippen LogP contribution in [0.2, 0.25) is 0 Å². The lowest BCUT2D eigenvalue weighted by molar-refractivity contribution is 0.652. The van der Waals surface area contributed by atoms with Crippen molar-refractivity contribution in [1.82, 2.24) is 0 Å². The molecule has 0 heterocycles. The van der Waals surface area contributed by atoms with Gasteiger partial charge < -0.3 is 4.90 Å². The number of anilines is 3. The molecule has 0 amide bonds. The van der Waals surface area contributed by atoms with E-state index in [9.17, 15) is 0 Å². The lowest BCUT2D eigenvalue weighted by Crippen LogP contribution is -2.19. The standard InChI is InChI=1S/C68H55N/c1-65(2)55-28-18-16-22-43(55)51-36-61-53(38-59(51)65)45-32-30-41(34-57(45)67(61,5)6)69(64-49-26-14-12-24-47(49)63(40-20-10-9-11-21-40)48-25-13-15-27-50(48)64)42-31-33-46-54-39-60-52(37-62(54)68(7,8)58(46)35-42)44-23-17-19-29-56(44)66(60,3)4/h9-39H,1-8H3. The Bertz CT molecular complexity index is 3660. The van der Waals surface area contributed by atoms with Gasteiger partial charge >= 0.3 is 0 Å². The highest BCUT2D eigenvalue weighted by Gasteiger charge is 2.44. The number of hydrogen-bond donors (Lipinski definition) is 0. The molecular weight excluding hydrogens is 831 g/mol. The molecule has 1 heteroatoms. The molecule has 69 heavy (non-hydrogen) atoms. The molecule has 0 saturated heterocycles. The van der Waals surface area contributed by atoms with Crippen LogP contribution in [0, 0.1) is 0 Å². The first-order valence-corrected chi connectivity index (χ1v) is 24.9. The molecule has 0 spiro atoms. The van der Waals surface area contributed by atoms with Crippen LogP contribution < -0.4 is 4.90 Å². The van der Waals surface area contributed by atoms with Crippen LogP contribution >= 0.6 is 0 Å². The summed E-state index contributed by atoms with van der Waals surface area (Å²) in [4.78, 5) is 2.61. The van der Waals surface area contributed by atoms with E-state index in [1.54, 1.807) is 0 Å². The molecule has 10 aromatic rings. The van der Waals surface area contributed by atoms with Crippen LogP contribution in [-0.4, -0.2) is 0 Å². The SMILES string of the molecule is CC1(C)c2ccccc2-c2cc3c(cc21)-c1ccc(N(c2ccc4c(c2)C(C)(C)c2cc5c(cc2-4)C(C)(C)c2ccccc2-5)c2c4ccccc4c(-c4ccccc4)c4ccccc24)cc1C3(C)C. The molecule has 0 radical (unpaired) electrons. The van der Waals surface area contributed by atoms with E-state index >= 15 is 0 Å². The minimum absolute atomic E-state index is 0.0690. The van der Waals surface area contributed by atoms with Gasteiger partial charge in [0.05, 0.1) is 5.69 Å². The second-order valence-corrected chi connectivity index (χ2v) is 22.5. The van der Waals surface area contributed by atoms with Crippen molar-refractivity contribution in [1.29, 1.82) is 0 Å². The summed E-state index contributed by atoms with van der Waals surface area (Å²) >= 11 is 0. The Labute approximate surface area is 406 Å². The molecule has 0 saturated carbocycles. The molecule has 0 aliphatic heterocycles. The van der Waals surface area contributed by atoms with E-state index in [2.05, 4.69) is 248 Å². The Kier molecular flexibility index (Phi) is 8.00. The van der Waals surface area contributed by atoms with E-state index in [1.807, 2.05) is 0 Å². The summed E-state index contributed by atoms with van der Waals surface area (Å²) < 4.78 is 0. The summed E-state index contributed by atoms with van der Waals surface area (Å²) in [6.45, 7) is 19.3. The van der Waals surface area contributed by atoms with Crippen LogP contribution in [0.4, 0.5) is 17.1 Å². The average molecular weight is 886 g/mol. The zero-order valence-electron chi connectivity index (χ0n) is 40.8. The van der Waals surface area contributed by atoms with Crippen molar-refractivity contribution in [2.45, 2.75) is 77.0 Å². The summed E-state index contributed by atoms with van der Waals surface area (Å²) in [5.74, 6) is 0. The van der Waals surface area contributed by atoms with E-state index in [0.29, 0.717) is 0 Å². The van der Waals surface area contributed by atoms with Gasteiger partial charge in [-0.1, -0.05) is 195 Å². The van der Waals surface area contributed by atoms with Crippen molar-refractivity contribution in [2.24, 2.45) is 0 Å². The van der Waals surface area contributed by atoms with E-state index in [0.717, 1.165) is 0 Å². The van der Waals surface area contributed by atoms with Gasteiger partial charge in [0, 0.05) is 43.8 Å². The first-order valence-electron chi connectivity index (χ1n) is 24.9. The smallest absolute Gasteiger partial charge is 0.0618 e. The Morgan fingerprint density at radius 2 is 0.580 bits per heavy atom. The topological polar surface area (TPSA) is 3.24 Å². The molecular formula is C68H55N. The van der Waals surface area contributed by atoms with Crippen molar-refractivity contribution in [3.8, 4) is 55.6 Å². The van der Waals surface area contributed by atoms with Crippen LogP contribution in [0.1, 0.15) is 99.9 Å². The summed E-state index contributed by atoms with van der Waals surface area (Å²) in [6.07, 6.45) is 0. The van der Waals surface area contributed by atoms with Gasteiger partial charge in [-0.25, -0.2) is 0 Å². The molecule has 14 rings (SSSR count). The van der Waals surface area contributed by atoms with Crippen LogP contribution in [0.3, 0.4) is 0 Å². The van der Waals surface area contributed by atoms with Gasteiger partial charge in [0.1, 0.15) is 0 Å². The molecule has 0 atom stereocenters. The Morgan fingerprint density at radius 3 is 1.00 bits per heavy atom. The maximum Gasteiger partial charge on any atom is 0.0618 e. The molecule has 0 fully saturated rings. The van der Waals surface area contributed by atoms with Crippen LogP contribution in [0.15, 0.2) is 188 Å². The van der Waals surface area contributed by atoms with E-state index in [1.165, 1.54) is 139 Å². The largest absolute Gasteiger partial charge is 0.309 e. The van der Waals surface area contributed by atoms with Gasteiger partial charge in [0.2, 0.25) is 0 Å². The van der Waals surface area contributed by atoms with Crippen LogP contribution in [0.5, 0.6) is 0 Å². The Hall–Kier alpha value is -7.48. The van der Waals surface area contributed by atoms with Crippen molar-refractivity contribution in [2.75, 3.05) is 4.90 Å². The monoisotopic (exact) mass is 885 g/mol. The molecule has 4 aliphatic carbocycles.